The Hall–Kier alpha value is -2.40. The van der Waals surface area contributed by atoms with Crippen molar-refractivity contribution >= 4 is 41.3 Å². The molecule has 1 N–H and O–H groups in total. The lowest BCUT2D eigenvalue weighted by molar-refractivity contribution is -0.110. The van der Waals surface area contributed by atoms with Crippen LogP contribution in [0.3, 0.4) is 0 Å². The van der Waals surface area contributed by atoms with Crippen LogP contribution in [0, 0.1) is 0 Å². The zero-order chi connectivity index (χ0) is 16.4. The molecule has 2 aromatic rings. The van der Waals surface area contributed by atoms with E-state index in [1.54, 1.807) is 10.8 Å². The van der Waals surface area contributed by atoms with Gasteiger partial charge in [-0.25, -0.2) is 4.98 Å². The number of carbonyl (C=O) groups is 2. The normalized spacial score (nSPS) is 14.9. The van der Waals surface area contributed by atoms with Crippen molar-refractivity contribution in [2.24, 2.45) is 0 Å². The summed E-state index contributed by atoms with van der Waals surface area (Å²) in [5, 5.41) is 3.05. The number of amides is 1. The van der Waals surface area contributed by atoms with E-state index in [-0.39, 0.29) is 16.8 Å². The van der Waals surface area contributed by atoms with E-state index >= 15 is 0 Å². The maximum atomic E-state index is 12.2. The Balaban J connectivity index is 2.10. The summed E-state index contributed by atoms with van der Waals surface area (Å²) in [6, 6.07) is 7.45. The van der Waals surface area contributed by atoms with E-state index in [0.717, 1.165) is 24.1 Å². The lowest BCUT2D eigenvalue weighted by Gasteiger charge is -2.05. The van der Waals surface area contributed by atoms with E-state index in [1.165, 1.54) is 0 Å². The second-order valence-electron chi connectivity index (χ2n) is 5.34. The molecule has 0 saturated carbocycles. The van der Waals surface area contributed by atoms with Crippen molar-refractivity contribution in [1.29, 1.82) is 0 Å². The molecule has 0 atom stereocenters. The zero-order valence-corrected chi connectivity index (χ0v) is 13.4. The van der Waals surface area contributed by atoms with Crippen LogP contribution in [0.1, 0.15) is 41.6 Å². The van der Waals surface area contributed by atoms with Crippen molar-refractivity contribution < 1.29 is 9.59 Å². The third kappa shape index (κ3) is 2.80. The molecule has 5 nitrogen and oxygen atoms in total. The molecule has 0 saturated heterocycles. The lowest BCUT2D eigenvalue weighted by atomic mass is 10.1. The Morgan fingerprint density at radius 1 is 1.35 bits per heavy atom. The summed E-state index contributed by atoms with van der Waals surface area (Å²) < 4.78 is 1.64. The van der Waals surface area contributed by atoms with Gasteiger partial charge in [0.05, 0.1) is 5.57 Å². The highest BCUT2D eigenvalue weighted by Crippen LogP contribution is 2.33. The van der Waals surface area contributed by atoms with Crippen molar-refractivity contribution in [3.8, 4) is 0 Å². The number of rotatable bonds is 5. The fourth-order valence-corrected chi connectivity index (χ4v) is 2.82. The van der Waals surface area contributed by atoms with Gasteiger partial charge in [-0.05, 0) is 12.5 Å². The van der Waals surface area contributed by atoms with Crippen molar-refractivity contribution in [2.75, 3.05) is 5.32 Å². The number of aldehydes is 1. The number of para-hydroxylation sites is 1. The number of hydrogen-bond acceptors (Lipinski definition) is 3. The fourth-order valence-electron chi connectivity index (χ4n) is 2.59. The fraction of sp³-hybridized carbons (Fsp3) is 0.235. The van der Waals surface area contributed by atoms with E-state index in [1.807, 2.05) is 24.3 Å². The Kier molecular flexibility index (Phi) is 4.30. The molecule has 0 radical (unpaired) electrons. The van der Waals surface area contributed by atoms with Crippen LogP contribution >= 0.6 is 11.6 Å². The molecule has 3 rings (SSSR count). The van der Waals surface area contributed by atoms with Gasteiger partial charge in [-0.2, -0.15) is 0 Å². The van der Waals surface area contributed by atoms with Gasteiger partial charge < -0.3 is 5.32 Å². The van der Waals surface area contributed by atoms with E-state index in [2.05, 4.69) is 17.2 Å². The smallest absolute Gasteiger partial charge is 0.257 e. The zero-order valence-electron chi connectivity index (χ0n) is 12.7. The number of nitrogens with zero attached hydrogens (tertiary/aromatic N) is 2. The Morgan fingerprint density at radius 2 is 2.13 bits per heavy atom. The Bertz CT molecular complexity index is 808. The third-order valence-corrected chi connectivity index (χ3v) is 4.16. The topological polar surface area (TPSA) is 64.0 Å². The molecule has 1 aromatic heterocycles. The standard InChI is InChI=1S/C17H16ClN3O2/c1-2-3-8-15-19-14(10-22)16(18)21(15)9-12-11-6-4-5-7-13(11)20-17(12)23/h4-7,9-10H,2-3,8H2,1H3,(H,20,23)/b12-9-. The highest BCUT2D eigenvalue weighted by Gasteiger charge is 2.25. The van der Waals surface area contributed by atoms with Crippen LogP contribution < -0.4 is 5.32 Å². The lowest BCUT2D eigenvalue weighted by Crippen LogP contribution is -2.06. The number of carbonyl (C=O) groups excluding carboxylic acids is 2. The number of aromatic nitrogens is 2. The number of benzene rings is 1. The van der Waals surface area contributed by atoms with Gasteiger partial charge in [-0.15, -0.1) is 0 Å². The molecule has 2 heterocycles. The number of nitrogens with one attached hydrogen (secondary N) is 1. The monoisotopic (exact) mass is 329 g/mol. The molecule has 1 aromatic carbocycles. The van der Waals surface area contributed by atoms with Crippen LogP contribution in [0.25, 0.3) is 11.8 Å². The molecule has 0 spiro atoms. The molecular weight excluding hydrogens is 314 g/mol. The van der Waals surface area contributed by atoms with Gasteiger partial charge in [-0.1, -0.05) is 43.1 Å². The Morgan fingerprint density at radius 3 is 2.87 bits per heavy atom. The molecule has 1 aliphatic rings. The quantitative estimate of drug-likeness (QED) is 0.672. The number of halogens is 1. The van der Waals surface area contributed by atoms with Gasteiger partial charge in [0.15, 0.2) is 6.29 Å². The number of unbranched alkanes of at least 4 members (excludes halogenated alkanes) is 1. The summed E-state index contributed by atoms with van der Waals surface area (Å²) in [7, 11) is 0. The van der Waals surface area contributed by atoms with Crippen molar-refractivity contribution in [2.45, 2.75) is 26.2 Å². The first-order valence-electron chi connectivity index (χ1n) is 7.50. The van der Waals surface area contributed by atoms with Crippen LogP contribution in [0.15, 0.2) is 24.3 Å². The molecule has 1 aliphatic heterocycles. The van der Waals surface area contributed by atoms with Crippen LogP contribution in [0.5, 0.6) is 0 Å². The Labute approximate surface area is 139 Å². The number of imidazole rings is 1. The number of hydrogen-bond donors (Lipinski definition) is 1. The molecule has 0 aliphatic carbocycles. The van der Waals surface area contributed by atoms with Gasteiger partial charge >= 0.3 is 0 Å². The number of aryl methyl sites for hydroxylation is 1. The van der Waals surface area contributed by atoms with Crippen LogP contribution in [0.2, 0.25) is 5.15 Å². The first-order valence-corrected chi connectivity index (χ1v) is 7.87. The van der Waals surface area contributed by atoms with Crippen molar-refractivity contribution in [3.63, 3.8) is 0 Å². The summed E-state index contributed by atoms with van der Waals surface area (Å²) in [5.74, 6) is 0.494. The van der Waals surface area contributed by atoms with Gasteiger partial charge in [-0.3, -0.25) is 14.2 Å². The molecule has 1 amide bonds. The van der Waals surface area contributed by atoms with E-state index in [0.29, 0.717) is 24.1 Å². The summed E-state index contributed by atoms with van der Waals surface area (Å²) >= 11 is 6.25. The van der Waals surface area contributed by atoms with Gasteiger partial charge in [0.1, 0.15) is 16.7 Å². The van der Waals surface area contributed by atoms with Gasteiger partial charge in [0.2, 0.25) is 0 Å². The van der Waals surface area contributed by atoms with Gasteiger partial charge in [0.25, 0.3) is 5.91 Å². The van der Waals surface area contributed by atoms with Crippen LogP contribution in [-0.2, 0) is 11.2 Å². The largest absolute Gasteiger partial charge is 0.321 e. The summed E-state index contributed by atoms with van der Waals surface area (Å²) in [4.78, 5) is 27.6. The molecule has 23 heavy (non-hydrogen) atoms. The minimum Gasteiger partial charge on any atom is -0.321 e. The van der Waals surface area contributed by atoms with Crippen LogP contribution in [-0.4, -0.2) is 21.7 Å². The average molecular weight is 330 g/mol. The van der Waals surface area contributed by atoms with Crippen molar-refractivity contribution in [1.82, 2.24) is 9.55 Å². The van der Waals surface area contributed by atoms with Gasteiger partial charge in [0, 0.05) is 23.9 Å². The molecule has 6 heteroatoms. The summed E-state index contributed by atoms with van der Waals surface area (Å²) in [5.41, 5.74) is 2.29. The van der Waals surface area contributed by atoms with E-state index in [4.69, 9.17) is 11.6 Å². The molecule has 0 fully saturated rings. The second-order valence-corrected chi connectivity index (χ2v) is 5.70. The highest BCUT2D eigenvalue weighted by atomic mass is 35.5. The predicted octanol–water partition coefficient (Wildman–Crippen LogP) is 3.64. The molecule has 0 bridgehead atoms. The van der Waals surface area contributed by atoms with Crippen molar-refractivity contribution in [3.05, 3.63) is 46.5 Å². The van der Waals surface area contributed by atoms with Crippen LogP contribution in [0.4, 0.5) is 5.69 Å². The first-order chi connectivity index (χ1) is 11.2. The predicted molar refractivity (Wildman–Crippen MR) is 90.5 cm³/mol. The third-order valence-electron chi connectivity index (χ3n) is 3.78. The SMILES string of the molecule is CCCCc1nc(C=O)c(Cl)n1/C=C1\C(=O)Nc2ccccc21. The maximum absolute atomic E-state index is 12.2. The molecular formula is C17H16ClN3O2. The number of fused-ring (bicyclic) bond motifs is 1. The molecule has 118 valence electrons. The summed E-state index contributed by atoms with van der Waals surface area (Å²) in [6.45, 7) is 2.08. The maximum Gasteiger partial charge on any atom is 0.257 e. The summed E-state index contributed by atoms with van der Waals surface area (Å²) in [6.07, 6.45) is 4.92. The van der Waals surface area contributed by atoms with E-state index in [9.17, 15) is 9.59 Å². The average Bonchev–Trinajstić information content (AvgIpc) is 3.04. The molecule has 0 unspecified atom stereocenters. The first kappa shape index (κ1) is 15.5. The minimum atomic E-state index is -0.190. The van der Waals surface area contributed by atoms with E-state index < -0.39 is 0 Å². The second kappa shape index (κ2) is 6.38. The number of anilines is 1. The minimum absolute atomic E-state index is 0.190. The highest BCUT2D eigenvalue weighted by molar-refractivity contribution is 6.35.